The van der Waals surface area contributed by atoms with Crippen molar-refractivity contribution >= 4 is 39.3 Å². The van der Waals surface area contributed by atoms with Crippen LogP contribution in [0.4, 0.5) is 42.5 Å². The number of aromatic nitrogens is 6. The number of aromatic amines is 2. The topological polar surface area (TPSA) is 132 Å². The summed E-state index contributed by atoms with van der Waals surface area (Å²) >= 11 is 0. The number of ether oxygens (including phenoxy) is 1. The van der Waals surface area contributed by atoms with Crippen molar-refractivity contribution in [1.29, 1.82) is 0 Å². The highest BCUT2D eigenvalue weighted by molar-refractivity contribution is 6.01. The number of nitrogens with zero attached hydrogens (tertiary/aromatic N) is 4. The van der Waals surface area contributed by atoms with Crippen molar-refractivity contribution < 1.29 is 35.9 Å². The maximum absolute atomic E-state index is 12.8. The van der Waals surface area contributed by atoms with E-state index in [9.17, 15) is 31.1 Å². The molecule has 4 aromatic carbocycles. The summed E-state index contributed by atoms with van der Waals surface area (Å²) in [5.74, 6) is 0. The van der Waals surface area contributed by atoms with Gasteiger partial charge in [0, 0.05) is 57.7 Å². The third-order valence-electron chi connectivity index (χ3n) is 8.78. The summed E-state index contributed by atoms with van der Waals surface area (Å²) < 4.78 is 84.6. The number of nitrogen functional groups attached to an aromatic ring is 1. The predicted octanol–water partition coefficient (Wildman–Crippen LogP) is 11.0. The number of H-pyrrole nitrogens is 2. The molecule has 0 radical (unpaired) electrons. The van der Waals surface area contributed by atoms with Gasteiger partial charge in [-0.15, -0.1) is 0 Å². The van der Waals surface area contributed by atoms with E-state index in [1.165, 1.54) is 28.9 Å². The Hall–Kier alpha value is -6.97. The Kier molecular flexibility index (Phi) is 9.81. The summed E-state index contributed by atoms with van der Waals surface area (Å²) in [4.78, 5) is 18.3. The van der Waals surface area contributed by atoms with Crippen LogP contribution in [0.25, 0.3) is 55.4 Å². The zero-order valence-electron chi connectivity index (χ0n) is 30.5. The van der Waals surface area contributed by atoms with Crippen LogP contribution in [0.3, 0.4) is 0 Å². The molecule has 4 heterocycles. The Morgan fingerprint density at radius 3 is 1.58 bits per heavy atom. The lowest BCUT2D eigenvalue weighted by Gasteiger charge is -2.19. The first-order chi connectivity index (χ1) is 26.9. The van der Waals surface area contributed by atoms with Crippen molar-refractivity contribution in [2.45, 2.75) is 38.7 Å². The monoisotopic (exact) mass is 784 g/mol. The SMILES string of the molecule is CC(C)(C)OC(=O)Nc1c[nH]c2ccc(-c3cnn(-c4ccc(C(F)(F)F)cc4)c3)cc12.Nc1c[nH]c2ccc(-c3cnn(-c4ccc(C(F)(F)F)cc4)c3)cc12. The third kappa shape index (κ3) is 8.64. The Labute approximate surface area is 320 Å². The molecule has 5 N–H and O–H groups in total. The van der Waals surface area contributed by atoms with Crippen molar-refractivity contribution in [3.63, 3.8) is 0 Å². The fraction of sp³-hybridized carbons (Fsp3) is 0.146. The van der Waals surface area contributed by atoms with Gasteiger partial charge < -0.3 is 20.4 Å². The van der Waals surface area contributed by atoms with E-state index in [0.717, 1.165) is 68.3 Å². The zero-order valence-corrected chi connectivity index (χ0v) is 30.5. The number of amides is 1. The molecule has 10 nitrogen and oxygen atoms in total. The Morgan fingerprint density at radius 2 is 1.11 bits per heavy atom. The average Bonchev–Trinajstić information content (AvgIpc) is 3.98. The summed E-state index contributed by atoms with van der Waals surface area (Å²) in [5.41, 5.74) is 11.4. The average molecular weight is 785 g/mol. The number of halogens is 6. The first-order valence-corrected chi connectivity index (χ1v) is 17.3. The van der Waals surface area contributed by atoms with Gasteiger partial charge in [-0.25, -0.2) is 14.2 Å². The molecular formula is C41H34F6N8O2. The van der Waals surface area contributed by atoms with Crippen molar-refractivity contribution in [2.75, 3.05) is 11.1 Å². The van der Waals surface area contributed by atoms with Gasteiger partial charge in [-0.3, -0.25) is 5.32 Å². The maximum Gasteiger partial charge on any atom is 0.416 e. The van der Waals surface area contributed by atoms with Crippen LogP contribution in [0, 0.1) is 0 Å². The highest BCUT2D eigenvalue weighted by atomic mass is 19.4. The minimum absolute atomic E-state index is 0.513. The number of fused-ring (bicyclic) bond motifs is 2. The summed E-state index contributed by atoms with van der Waals surface area (Å²) in [6.45, 7) is 5.36. The van der Waals surface area contributed by atoms with Crippen LogP contribution in [-0.4, -0.2) is 41.2 Å². The minimum Gasteiger partial charge on any atom is -0.444 e. The molecule has 0 unspecified atom stereocenters. The second-order valence-electron chi connectivity index (χ2n) is 14.0. The standard InChI is InChI=1S/C23H21F3N4O2.C18H13F3N4/c1-22(2,3)32-21(31)29-20-12-27-19-9-4-14(10-18(19)20)15-11-28-30(13-15)17-7-5-16(6-8-17)23(24,25)26;19-18(20,21)13-2-4-14(5-3-13)25-10-12(8-24-25)11-1-6-17-15(7-11)16(22)9-23-17/h4-13,27H,1-3H3,(H,29,31);1-10,23H,22H2. The van der Waals surface area contributed by atoms with Gasteiger partial charge in [0.2, 0.25) is 0 Å². The van der Waals surface area contributed by atoms with Crippen molar-refractivity contribution in [3.8, 4) is 33.6 Å². The molecule has 0 aliphatic heterocycles. The molecule has 0 aliphatic carbocycles. The maximum atomic E-state index is 12.8. The fourth-order valence-electron chi connectivity index (χ4n) is 5.97. The smallest absolute Gasteiger partial charge is 0.416 e. The van der Waals surface area contributed by atoms with E-state index in [1.54, 1.807) is 62.6 Å². The normalized spacial score (nSPS) is 12.1. The number of benzene rings is 4. The van der Waals surface area contributed by atoms with Crippen molar-refractivity contribution in [1.82, 2.24) is 29.5 Å². The lowest BCUT2D eigenvalue weighted by molar-refractivity contribution is -0.138. The molecule has 0 bridgehead atoms. The predicted molar refractivity (Wildman–Crippen MR) is 206 cm³/mol. The van der Waals surface area contributed by atoms with Crippen LogP contribution in [0.2, 0.25) is 0 Å². The second kappa shape index (κ2) is 14.6. The second-order valence-corrected chi connectivity index (χ2v) is 14.0. The van der Waals surface area contributed by atoms with Crippen LogP contribution < -0.4 is 11.1 Å². The third-order valence-corrected chi connectivity index (χ3v) is 8.78. The largest absolute Gasteiger partial charge is 0.444 e. The van der Waals surface area contributed by atoms with Gasteiger partial charge in [0.1, 0.15) is 5.60 Å². The summed E-state index contributed by atoms with van der Waals surface area (Å²) in [6.07, 6.45) is 0.936. The summed E-state index contributed by atoms with van der Waals surface area (Å²) in [7, 11) is 0. The molecule has 8 rings (SSSR count). The minimum atomic E-state index is -4.38. The number of nitrogens with two attached hydrogens (primary N) is 1. The number of rotatable bonds is 5. The van der Waals surface area contributed by atoms with E-state index in [2.05, 4.69) is 25.5 Å². The van der Waals surface area contributed by atoms with Crippen LogP contribution in [0.1, 0.15) is 31.9 Å². The molecule has 4 aromatic heterocycles. The van der Waals surface area contributed by atoms with Crippen LogP contribution in [-0.2, 0) is 17.1 Å². The van der Waals surface area contributed by atoms with Gasteiger partial charge >= 0.3 is 18.4 Å². The Bertz CT molecular complexity index is 2680. The fourth-order valence-corrected chi connectivity index (χ4v) is 5.97. The van der Waals surface area contributed by atoms with Gasteiger partial charge in [-0.05, 0) is 105 Å². The molecule has 0 atom stereocenters. The van der Waals surface area contributed by atoms with E-state index in [1.807, 2.05) is 36.4 Å². The number of carbonyl (C=O) groups excluding carboxylic acids is 1. The van der Waals surface area contributed by atoms with Crippen LogP contribution in [0.5, 0.6) is 0 Å². The number of anilines is 2. The first-order valence-electron chi connectivity index (χ1n) is 17.3. The lowest BCUT2D eigenvalue weighted by atomic mass is 10.1. The highest BCUT2D eigenvalue weighted by Gasteiger charge is 2.31. The molecular weight excluding hydrogens is 750 g/mol. The number of alkyl halides is 6. The lowest BCUT2D eigenvalue weighted by Crippen LogP contribution is -2.27. The molecule has 0 saturated carbocycles. The highest BCUT2D eigenvalue weighted by Crippen LogP contribution is 2.33. The molecule has 57 heavy (non-hydrogen) atoms. The number of nitrogens with one attached hydrogen (secondary N) is 3. The van der Waals surface area contributed by atoms with Crippen LogP contribution >= 0.6 is 0 Å². The zero-order chi connectivity index (χ0) is 40.7. The van der Waals surface area contributed by atoms with E-state index in [-0.39, 0.29) is 0 Å². The molecule has 16 heteroatoms. The quantitative estimate of drug-likeness (QED) is 0.129. The molecule has 0 spiro atoms. The van der Waals surface area contributed by atoms with E-state index in [0.29, 0.717) is 22.7 Å². The molecule has 292 valence electrons. The van der Waals surface area contributed by atoms with Gasteiger partial charge in [0.05, 0.1) is 46.3 Å². The number of hydrogen-bond donors (Lipinski definition) is 4. The first kappa shape index (κ1) is 38.3. The van der Waals surface area contributed by atoms with Gasteiger partial charge in [-0.1, -0.05) is 12.1 Å². The molecule has 1 amide bonds. The molecule has 0 fully saturated rings. The van der Waals surface area contributed by atoms with Crippen molar-refractivity contribution in [2.24, 2.45) is 0 Å². The molecule has 8 aromatic rings. The van der Waals surface area contributed by atoms with E-state index >= 15 is 0 Å². The van der Waals surface area contributed by atoms with E-state index in [4.69, 9.17) is 10.5 Å². The summed E-state index contributed by atoms with van der Waals surface area (Å²) in [6, 6.07) is 21.2. The number of hydrogen-bond acceptors (Lipinski definition) is 5. The van der Waals surface area contributed by atoms with E-state index < -0.39 is 35.2 Å². The Morgan fingerprint density at radius 1 is 0.649 bits per heavy atom. The summed E-state index contributed by atoms with van der Waals surface area (Å²) in [5, 5.41) is 13.0. The number of carbonyl (C=O) groups is 1. The van der Waals surface area contributed by atoms with Crippen molar-refractivity contribution in [3.05, 3.63) is 133 Å². The van der Waals surface area contributed by atoms with Crippen LogP contribution in [0.15, 0.2) is 122 Å². The molecule has 0 saturated heterocycles. The molecule has 0 aliphatic rings. The van der Waals surface area contributed by atoms with Gasteiger partial charge in [-0.2, -0.15) is 36.5 Å². The Balaban J connectivity index is 0.000000179. The van der Waals surface area contributed by atoms with Gasteiger partial charge in [0.25, 0.3) is 0 Å². The van der Waals surface area contributed by atoms with Gasteiger partial charge in [0.15, 0.2) is 0 Å².